The number of rotatable bonds is 3. The Hall–Kier alpha value is -1.69. The molecule has 1 saturated heterocycles. The quantitative estimate of drug-likeness (QED) is 0.864. The van der Waals surface area contributed by atoms with Crippen molar-refractivity contribution < 1.29 is 23.4 Å². The summed E-state index contributed by atoms with van der Waals surface area (Å²) in [7, 11) is 0. The summed E-state index contributed by atoms with van der Waals surface area (Å²) >= 11 is 0. The van der Waals surface area contributed by atoms with Crippen LogP contribution >= 0.6 is 0 Å². The first-order valence-electron chi connectivity index (χ1n) is 8.73. The van der Waals surface area contributed by atoms with E-state index in [0.717, 1.165) is 18.9 Å². The van der Waals surface area contributed by atoms with Crippen molar-refractivity contribution in [1.82, 2.24) is 4.90 Å². The van der Waals surface area contributed by atoms with Crippen molar-refractivity contribution in [2.75, 3.05) is 0 Å². The van der Waals surface area contributed by atoms with E-state index in [9.17, 15) is 18.7 Å². The number of ether oxygens (including phenoxy) is 1. The third-order valence-corrected chi connectivity index (χ3v) is 4.47. The first kappa shape index (κ1) is 19.6. The largest absolute Gasteiger partial charge is 0.444 e. The van der Waals surface area contributed by atoms with Crippen molar-refractivity contribution in [2.24, 2.45) is 0 Å². The Kier molecular flexibility index (Phi) is 6.03. The number of benzene rings is 1. The molecule has 1 aromatic carbocycles. The zero-order valence-electron chi connectivity index (χ0n) is 15.3. The monoisotopic (exact) mass is 355 g/mol. The van der Waals surface area contributed by atoms with Crippen LogP contribution in [0.3, 0.4) is 0 Å². The van der Waals surface area contributed by atoms with Gasteiger partial charge in [-0.1, -0.05) is 12.1 Å². The van der Waals surface area contributed by atoms with Gasteiger partial charge in [0.2, 0.25) is 0 Å². The zero-order valence-corrected chi connectivity index (χ0v) is 15.3. The summed E-state index contributed by atoms with van der Waals surface area (Å²) in [5, 5.41) is 10.4. The molecular formula is C19H27F2NO3. The van der Waals surface area contributed by atoms with Gasteiger partial charge in [-0.25, -0.2) is 13.6 Å². The van der Waals surface area contributed by atoms with Gasteiger partial charge >= 0.3 is 6.09 Å². The van der Waals surface area contributed by atoms with E-state index in [4.69, 9.17) is 4.74 Å². The Morgan fingerprint density at radius 2 is 2.04 bits per heavy atom. The summed E-state index contributed by atoms with van der Waals surface area (Å²) in [4.78, 5) is 14.2. The number of aliphatic hydroxyl groups is 1. The van der Waals surface area contributed by atoms with E-state index in [2.05, 4.69) is 0 Å². The standard InChI is InChI=1S/C19H27F2NO3/c1-12-7-5-8-13(22(12)18(24)25-19(2,3)4)11-16(23)14-9-6-10-15(20)17(14)21/h6,9-10,12-13,16,23H,5,7-8,11H2,1-4H3. The second-order valence-electron chi connectivity index (χ2n) is 7.72. The first-order valence-corrected chi connectivity index (χ1v) is 8.73. The number of amides is 1. The van der Waals surface area contributed by atoms with Crippen molar-refractivity contribution in [2.45, 2.75) is 77.2 Å². The minimum absolute atomic E-state index is 0.0295. The minimum Gasteiger partial charge on any atom is -0.444 e. The van der Waals surface area contributed by atoms with Gasteiger partial charge < -0.3 is 14.7 Å². The molecule has 2 rings (SSSR count). The van der Waals surface area contributed by atoms with E-state index in [1.54, 1.807) is 25.7 Å². The molecule has 1 N–H and O–H groups in total. The molecular weight excluding hydrogens is 328 g/mol. The SMILES string of the molecule is CC1CCCC(CC(O)c2cccc(F)c2F)N1C(=O)OC(C)(C)C. The second kappa shape index (κ2) is 7.68. The highest BCUT2D eigenvalue weighted by atomic mass is 19.2. The molecule has 1 aliphatic rings. The number of carbonyl (C=O) groups excluding carboxylic acids is 1. The fourth-order valence-corrected chi connectivity index (χ4v) is 3.32. The molecule has 0 spiro atoms. The molecule has 0 radical (unpaired) electrons. The Bertz CT molecular complexity index is 615. The molecule has 4 nitrogen and oxygen atoms in total. The van der Waals surface area contributed by atoms with E-state index < -0.39 is 29.4 Å². The highest BCUT2D eigenvalue weighted by molar-refractivity contribution is 5.69. The third-order valence-electron chi connectivity index (χ3n) is 4.47. The van der Waals surface area contributed by atoms with Crippen LogP contribution in [0.15, 0.2) is 18.2 Å². The Balaban J connectivity index is 2.17. The van der Waals surface area contributed by atoms with Gasteiger partial charge in [-0.3, -0.25) is 0 Å². The summed E-state index contributed by atoms with van der Waals surface area (Å²) in [6.07, 6.45) is 0.970. The molecule has 0 bridgehead atoms. The van der Waals surface area contributed by atoms with Crippen molar-refractivity contribution in [3.63, 3.8) is 0 Å². The van der Waals surface area contributed by atoms with Gasteiger partial charge in [-0.05, 0) is 59.4 Å². The van der Waals surface area contributed by atoms with Crippen LogP contribution in [-0.4, -0.2) is 33.8 Å². The molecule has 1 heterocycles. The number of hydrogen-bond donors (Lipinski definition) is 1. The maximum Gasteiger partial charge on any atom is 0.410 e. The van der Waals surface area contributed by atoms with Crippen LogP contribution in [0.25, 0.3) is 0 Å². The lowest BCUT2D eigenvalue weighted by atomic mass is 9.91. The molecule has 3 atom stereocenters. The van der Waals surface area contributed by atoms with Gasteiger partial charge in [0.25, 0.3) is 0 Å². The minimum atomic E-state index is -1.18. The van der Waals surface area contributed by atoms with Gasteiger partial charge in [0.05, 0.1) is 6.10 Å². The van der Waals surface area contributed by atoms with Gasteiger partial charge in [-0.15, -0.1) is 0 Å². The van der Waals surface area contributed by atoms with Gasteiger partial charge in [-0.2, -0.15) is 0 Å². The highest BCUT2D eigenvalue weighted by Crippen LogP contribution is 2.32. The van der Waals surface area contributed by atoms with Crippen LogP contribution in [0.5, 0.6) is 0 Å². The number of likely N-dealkylation sites (tertiary alicyclic amines) is 1. The van der Waals surface area contributed by atoms with Crippen LogP contribution in [0.4, 0.5) is 13.6 Å². The Morgan fingerprint density at radius 3 is 2.68 bits per heavy atom. The molecule has 0 saturated carbocycles. The summed E-state index contributed by atoms with van der Waals surface area (Å²) in [6.45, 7) is 7.33. The lowest BCUT2D eigenvalue weighted by molar-refractivity contribution is -0.0114. The van der Waals surface area contributed by atoms with Crippen molar-refractivity contribution >= 4 is 6.09 Å². The first-order chi connectivity index (χ1) is 11.6. The number of nitrogens with zero attached hydrogens (tertiary/aromatic N) is 1. The lowest BCUT2D eigenvalue weighted by Gasteiger charge is -2.41. The molecule has 1 aromatic rings. The van der Waals surface area contributed by atoms with Gasteiger partial charge in [0, 0.05) is 17.6 Å². The summed E-state index contributed by atoms with van der Waals surface area (Å²) in [5.74, 6) is -2.03. The summed E-state index contributed by atoms with van der Waals surface area (Å²) < 4.78 is 32.8. The van der Waals surface area contributed by atoms with Crippen molar-refractivity contribution in [1.29, 1.82) is 0 Å². The zero-order chi connectivity index (χ0) is 18.8. The Morgan fingerprint density at radius 1 is 1.36 bits per heavy atom. The van der Waals surface area contributed by atoms with Crippen LogP contribution in [-0.2, 0) is 4.74 Å². The van der Waals surface area contributed by atoms with Crippen LogP contribution < -0.4 is 0 Å². The van der Waals surface area contributed by atoms with Crippen molar-refractivity contribution in [3.05, 3.63) is 35.4 Å². The summed E-state index contributed by atoms with van der Waals surface area (Å²) in [5.41, 5.74) is -0.700. The van der Waals surface area contributed by atoms with Crippen molar-refractivity contribution in [3.8, 4) is 0 Å². The van der Waals surface area contributed by atoms with E-state index in [1.165, 1.54) is 12.1 Å². The molecule has 3 unspecified atom stereocenters. The number of carbonyl (C=O) groups is 1. The van der Waals surface area contributed by atoms with E-state index >= 15 is 0 Å². The van der Waals surface area contributed by atoms with Crippen LogP contribution in [0.1, 0.15) is 65.0 Å². The molecule has 1 fully saturated rings. The summed E-state index contributed by atoms with van der Waals surface area (Å²) in [6, 6.07) is 3.44. The third kappa shape index (κ3) is 4.91. The normalized spacial score (nSPS) is 22.6. The lowest BCUT2D eigenvalue weighted by Crippen LogP contribution is -2.51. The van der Waals surface area contributed by atoms with Gasteiger partial charge in [0.1, 0.15) is 5.60 Å². The smallest absolute Gasteiger partial charge is 0.410 e. The second-order valence-corrected chi connectivity index (χ2v) is 7.72. The van der Waals surface area contributed by atoms with Crippen LogP contribution in [0.2, 0.25) is 0 Å². The molecule has 0 aliphatic carbocycles. The predicted molar refractivity (Wildman–Crippen MR) is 91.1 cm³/mol. The average Bonchev–Trinajstić information content (AvgIpc) is 2.48. The predicted octanol–water partition coefficient (Wildman–Crippen LogP) is 4.57. The van der Waals surface area contributed by atoms with E-state index in [0.29, 0.717) is 6.42 Å². The number of hydrogen-bond acceptors (Lipinski definition) is 3. The molecule has 25 heavy (non-hydrogen) atoms. The number of aliphatic hydroxyl groups excluding tert-OH is 1. The molecule has 6 heteroatoms. The maximum absolute atomic E-state index is 13.9. The van der Waals surface area contributed by atoms with Crippen LogP contribution in [0, 0.1) is 11.6 Å². The van der Waals surface area contributed by atoms with Gasteiger partial charge in [0.15, 0.2) is 11.6 Å². The topological polar surface area (TPSA) is 49.8 Å². The average molecular weight is 355 g/mol. The van der Waals surface area contributed by atoms with E-state index in [-0.39, 0.29) is 24.1 Å². The molecule has 1 amide bonds. The number of piperidine rings is 1. The fourth-order valence-electron chi connectivity index (χ4n) is 3.32. The molecule has 0 aromatic heterocycles. The molecule has 1 aliphatic heterocycles. The van der Waals surface area contributed by atoms with E-state index in [1.807, 2.05) is 6.92 Å². The molecule has 140 valence electrons. The Labute approximate surface area is 147 Å². The fraction of sp³-hybridized carbons (Fsp3) is 0.632. The number of halogens is 2. The maximum atomic E-state index is 13.9. The highest BCUT2D eigenvalue weighted by Gasteiger charge is 2.36.